The van der Waals surface area contributed by atoms with Gasteiger partial charge in [0.2, 0.25) is 0 Å². The Kier molecular flexibility index (Phi) is 6.16. The van der Waals surface area contributed by atoms with Gasteiger partial charge >= 0.3 is 0 Å². The highest BCUT2D eigenvalue weighted by molar-refractivity contribution is 7.80. The standard InChI is InChI=1S/C17H21N3S/c1-2-3-4-14-5-7-16(8-6-14)20-17(21)19-13-15-9-11-18-12-10-15/h5-12H,2-4,13H2,1H3,(H2,19,20,21). The second kappa shape index (κ2) is 8.37. The third-order valence-electron chi connectivity index (χ3n) is 3.23. The number of anilines is 1. The lowest BCUT2D eigenvalue weighted by atomic mass is 10.1. The van der Waals surface area contributed by atoms with Crippen molar-refractivity contribution in [2.45, 2.75) is 32.7 Å². The highest BCUT2D eigenvalue weighted by Crippen LogP contribution is 2.11. The minimum absolute atomic E-state index is 0.633. The van der Waals surface area contributed by atoms with Gasteiger partial charge in [0, 0.05) is 24.6 Å². The van der Waals surface area contributed by atoms with Gasteiger partial charge in [-0.1, -0.05) is 25.5 Å². The summed E-state index contributed by atoms with van der Waals surface area (Å²) in [6.45, 7) is 2.91. The molecule has 0 bridgehead atoms. The molecule has 1 aromatic carbocycles. The quantitative estimate of drug-likeness (QED) is 0.793. The number of pyridine rings is 1. The number of aryl methyl sites for hydroxylation is 1. The van der Waals surface area contributed by atoms with Gasteiger partial charge in [0.25, 0.3) is 0 Å². The van der Waals surface area contributed by atoms with Crippen LogP contribution in [-0.4, -0.2) is 10.1 Å². The molecule has 0 saturated carbocycles. The average Bonchev–Trinajstić information content (AvgIpc) is 2.53. The number of aromatic nitrogens is 1. The van der Waals surface area contributed by atoms with E-state index in [-0.39, 0.29) is 0 Å². The molecular weight excluding hydrogens is 278 g/mol. The van der Waals surface area contributed by atoms with E-state index in [2.05, 4.69) is 46.8 Å². The molecule has 0 atom stereocenters. The van der Waals surface area contributed by atoms with Crippen LogP contribution in [0.1, 0.15) is 30.9 Å². The SMILES string of the molecule is CCCCc1ccc(NC(=S)NCc2ccncc2)cc1. The lowest BCUT2D eigenvalue weighted by Crippen LogP contribution is -2.27. The number of benzene rings is 1. The minimum atomic E-state index is 0.633. The van der Waals surface area contributed by atoms with E-state index >= 15 is 0 Å². The monoisotopic (exact) mass is 299 g/mol. The van der Waals surface area contributed by atoms with Gasteiger partial charge in [-0.15, -0.1) is 0 Å². The Balaban J connectivity index is 1.79. The first-order chi connectivity index (χ1) is 10.3. The first-order valence-electron chi connectivity index (χ1n) is 7.30. The third kappa shape index (κ3) is 5.52. The van der Waals surface area contributed by atoms with Gasteiger partial charge in [0.15, 0.2) is 5.11 Å². The molecule has 2 rings (SSSR count). The van der Waals surface area contributed by atoms with Crippen molar-refractivity contribution in [3.05, 3.63) is 59.9 Å². The largest absolute Gasteiger partial charge is 0.358 e. The van der Waals surface area contributed by atoms with Crippen molar-refractivity contribution < 1.29 is 0 Å². The van der Waals surface area contributed by atoms with Crippen LogP contribution in [0.3, 0.4) is 0 Å². The summed E-state index contributed by atoms with van der Waals surface area (Å²) in [5.41, 5.74) is 3.55. The number of nitrogens with one attached hydrogen (secondary N) is 2. The van der Waals surface area contributed by atoms with Crippen molar-refractivity contribution in [3.63, 3.8) is 0 Å². The van der Waals surface area contributed by atoms with Crippen LogP contribution >= 0.6 is 12.2 Å². The number of thiocarbonyl (C=S) groups is 1. The molecule has 1 heterocycles. The molecule has 0 aliphatic heterocycles. The Hall–Kier alpha value is -1.94. The summed E-state index contributed by atoms with van der Waals surface area (Å²) < 4.78 is 0. The van der Waals surface area contributed by atoms with E-state index in [4.69, 9.17) is 12.2 Å². The summed E-state index contributed by atoms with van der Waals surface area (Å²) in [6, 6.07) is 12.4. The van der Waals surface area contributed by atoms with Gasteiger partial charge in [-0.05, 0) is 60.5 Å². The van der Waals surface area contributed by atoms with E-state index in [0.717, 1.165) is 17.7 Å². The summed E-state index contributed by atoms with van der Waals surface area (Å²) in [5, 5.41) is 7.02. The summed E-state index contributed by atoms with van der Waals surface area (Å²) in [4.78, 5) is 3.99. The summed E-state index contributed by atoms with van der Waals surface area (Å²) in [5.74, 6) is 0. The van der Waals surface area contributed by atoms with Crippen molar-refractivity contribution in [3.8, 4) is 0 Å². The number of nitrogens with zero attached hydrogens (tertiary/aromatic N) is 1. The zero-order valence-corrected chi connectivity index (χ0v) is 13.1. The summed E-state index contributed by atoms with van der Waals surface area (Å²) in [7, 11) is 0. The van der Waals surface area contributed by atoms with Crippen LogP contribution in [0.5, 0.6) is 0 Å². The van der Waals surface area contributed by atoms with Crippen molar-refractivity contribution >= 4 is 23.0 Å². The lowest BCUT2D eigenvalue weighted by molar-refractivity contribution is 0.795. The molecule has 0 amide bonds. The molecular formula is C17H21N3S. The van der Waals surface area contributed by atoms with E-state index in [9.17, 15) is 0 Å². The first kappa shape index (κ1) is 15.4. The van der Waals surface area contributed by atoms with E-state index in [0.29, 0.717) is 11.7 Å². The Bertz CT molecular complexity index is 552. The van der Waals surface area contributed by atoms with E-state index in [1.165, 1.54) is 18.4 Å². The highest BCUT2D eigenvalue weighted by Gasteiger charge is 1.99. The summed E-state index contributed by atoms with van der Waals surface area (Å²) >= 11 is 5.30. The van der Waals surface area contributed by atoms with Crippen LogP contribution in [0.4, 0.5) is 5.69 Å². The second-order valence-corrected chi connectivity index (χ2v) is 5.37. The van der Waals surface area contributed by atoms with Crippen LogP contribution < -0.4 is 10.6 Å². The fourth-order valence-corrected chi connectivity index (χ4v) is 2.18. The Labute approximate surface area is 131 Å². The van der Waals surface area contributed by atoms with Crippen molar-refractivity contribution in [1.29, 1.82) is 0 Å². The van der Waals surface area contributed by atoms with Gasteiger partial charge in [-0.25, -0.2) is 0 Å². The van der Waals surface area contributed by atoms with Crippen LogP contribution in [0.2, 0.25) is 0 Å². The maximum absolute atomic E-state index is 5.30. The van der Waals surface area contributed by atoms with Gasteiger partial charge < -0.3 is 10.6 Å². The predicted molar refractivity (Wildman–Crippen MR) is 92.4 cm³/mol. The van der Waals surface area contributed by atoms with Crippen LogP contribution in [-0.2, 0) is 13.0 Å². The molecule has 21 heavy (non-hydrogen) atoms. The molecule has 0 aliphatic carbocycles. The molecule has 4 heteroatoms. The topological polar surface area (TPSA) is 37.0 Å². The first-order valence-corrected chi connectivity index (χ1v) is 7.71. The molecule has 110 valence electrons. The third-order valence-corrected chi connectivity index (χ3v) is 3.48. The predicted octanol–water partition coefficient (Wildman–Crippen LogP) is 3.91. The van der Waals surface area contributed by atoms with Crippen LogP contribution in [0.15, 0.2) is 48.8 Å². The van der Waals surface area contributed by atoms with E-state index < -0.39 is 0 Å². The van der Waals surface area contributed by atoms with Crippen LogP contribution in [0, 0.1) is 0 Å². The molecule has 1 aromatic heterocycles. The molecule has 0 spiro atoms. The Morgan fingerprint density at radius 2 is 1.76 bits per heavy atom. The minimum Gasteiger partial charge on any atom is -0.358 e. The maximum atomic E-state index is 5.30. The number of hydrogen-bond acceptors (Lipinski definition) is 2. The summed E-state index contributed by atoms with van der Waals surface area (Å²) in [6.07, 6.45) is 7.16. The van der Waals surface area contributed by atoms with Crippen molar-refractivity contribution in [2.24, 2.45) is 0 Å². The Morgan fingerprint density at radius 1 is 1.05 bits per heavy atom. The fraction of sp³-hybridized carbons (Fsp3) is 0.294. The molecule has 0 fully saturated rings. The lowest BCUT2D eigenvalue weighted by Gasteiger charge is -2.11. The van der Waals surface area contributed by atoms with E-state index in [1.54, 1.807) is 12.4 Å². The van der Waals surface area contributed by atoms with E-state index in [1.807, 2.05) is 12.1 Å². The van der Waals surface area contributed by atoms with Gasteiger partial charge in [0.1, 0.15) is 0 Å². The normalized spacial score (nSPS) is 10.1. The molecule has 0 radical (unpaired) electrons. The maximum Gasteiger partial charge on any atom is 0.171 e. The molecule has 2 aromatic rings. The molecule has 0 unspecified atom stereocenters. The molecule has 0 saturated heterocycles. The van der Waals surface area contributed by atoms with Gasteiger partial charge in [0.05, 0.1) is 0 Å². The average molecular weight is 299 g/mol. The molecule has 3 nitrogen and oxygen atoms in total. The zero-order valence-electron chi connectivity index (χ0n) is 12.3. The van der Waals surface area contributed by atoms with Crippen molar-refractivity contribution in [1.82, 2.24) is 10.3 Å². The van der Waals surface area contributed by atoms with Crippen LogP contribution in [0.25, 0.3) is 0 Å². The fourth-order valence-electron chi connectivity index (χ4n) is 1.99. The van der Waals surface area contributed by atoms with Crippen molar-refractivity contribution in [2.75, 3.05) is 5.32 Å². The number of rotatable bonds is 6. The molecule has 2 N–H and O–H groups in total. The van der Waals surface area contributed by atoms with Gasteiger partial charge in [-0.2, -0.15) is 0 Å². The molecule has 0 aliphatic rings. The number of hydrogen-bond donors (Lipinski definition) is 2. The van der Waals surface area contributed by atoms with Gasteiger partial charge in [-0.3, -0.25) is 4.98 Å². The Morgan fingerprint density at radius 3 is 2.43 bits per heavy atom. The smallest absolute Gasteiger partial charge is 0.171 e. The number of unbranched alkanes of at least 4 members (excludes halogenated alkanes) is 1. The highest BCUT2D eigenvalue weighted by atomic mass is 32.1. The zero-order chi connectivity index (χ0) is 14.9. The second-order valence-electron chi connectivity index (χ2n) is 4.96.